The van der Waals surface area contributed by atoms with Gasteiger partial charge >= 0.3 is 0 Å². The highest BCUT2D eigenvalue weighted by Gasteiger charge is 2.25. The second-order valence-corrected chi connectivity index (χ2v) is 6.69. The molecule has 1 saturated heterocycles. The molecule has 0 saturated carbocycles. The van der Waals surface area contributed by atoms with E-state index in [4.69, 9.17) is 5.73 Å². The van der Waals surface area contributed by atoms with Gasteiger partial charge < -0.3 is 15.2 Å². The Morgan fingerprint density at radius 2 is 2.16 bits per heavy atom. The third-order valence-corrected chi connectivity index (χ3v) is 5.08. The van der Waals surface area contributed by atoms with E-state index >= 15 is 0 Å². The van der Waals surface area contributed by atoms with Crippen LogP contribution in [-0.4, -0.2) is 33.4 Å². The molecule has 1 aliphatic rings. The maximum absolute atomic E-state index is 12.8. The van der Waals surface area contributed by atoms with E-state index in [1.807, 2.05) is 52.2 Å². The number of hydrogen-bond donors (Lipinski definition) is 1. The van der Waals surface area contributed by atoms with Crippen LogP contribution in [-0.2, 0) is 11.3 Å². The molecule has 3 heterocycles. The molecule has 2 N–H and O–H groups in total. The zero-order valence-electron chi connectivity index (χ0n) is 14.1. The molecule has 0 spiro atoms. The summed E-state index contributed by atoms with van der Waals surface area (Å²) in [5.74, 6) is 0.539. The van der Waals surface area contributed by atoms with Crippen molar-refractivity contribution in [3.8, 4) is 0 Å². The number of pyridine rings is 1. The number of nitrogens with zero attached hydrogens (tertiary/aromatic N) is 3. The van der Waals surface area contributed by atoms with Crippen LogP contribution in [0, 0.1) is 0 Å². The van der Waals surface area contributed by atoms with Gasteiger partial charge in [-0.1, -0.05) is 12.1 Å². The van der Waals surface area contributed by atoms with Gasteiger partial charge in [-0.25, -0.2) is 0 Å². The van der Waals surface area contributed by atoms with Crippen molar-refractivity contribution in [2.45, 2.75) is 25.3 Å². The van der Waals surface area contributed by atoms with Crippen LogP contribution in [0.1, 0.15) is 24.3 Å². The quantitative estimate of drug-likeness (QED) is 0.749. The smallest absolute Gasteiger partial charge is 0.242 e. The maximum atomic E-state index is 12.8. The molecule has 0 aliphatic carbocycles. The van der Waals surface area contributed by atoms with E-state index in [-0.39, 0.29) is 5.91 Å². The van der Waals surface area contributed by atoms with Crippen LogP contribution in [0.4, 0.5) is 5.69 Å². The van der Waals surface area contributed by atoms with Crippen LogP contribution in [0.25, 0.3) is 10.9 Å². The summed E-state index contributed by atoms with van der Waals surface area (Å²) < 4.78 is 1.99. The Labute approximate surface area is 147 Å². The number of carbonyl (C=O) groups is 1. The first-order valence-electron chi connectivity index (χ1n) is 8.73. The van der Waals surface area contributed by atoms with Gasteiger partial charge in [-0.3, -0.25) is 9.78 Å². The van der Waals surface area contributed by atoms with Crippen LogP contribution in [0.15, 0.2) is 55.0 Å². The Hall–Kier alpha value is -2.82. The highest BCUT2D eigenvalue weighted by atomic mass is 16.2. The predicted octanol–water partition coefficient (Wildman–Crippen LogP) is 3.02. The fourth-order valence-electron chi connectivity index (χ4n) is 3.72. The first-order valence-corrected chi connectivity index (χ1v) is 8.73. The molecule has 0 bridgehead atoms. The highest BCUT2D eigenvalue weighted by Crippen LogP contribution is 2.27. The molecule has 1 fully saturated rings. The van der Waals surface area contributed by atoms with Gasteiger partial charge in [-0.2, -0.15) is 0 Å². The molecule has 1 unspecified atom stereocenters. The molecule has 1 amide bonds. The largest absolute Gasteiger partial charge is 0.398 e. The van der Waals surface area contributed by atoms with E-state index in [9.17, 15) is 4.79 Å². The summed E-state index contributed by atoms with van der Waals surface area (Å²) >= 11 is 0. The SMILES string of the molecule is Nc1cccc2c1ccn2CC(=O)N1CCCC(c2cccnc2)C1. The van der Waals surface area contributed by atoms with Gasteiger partial charge in [-0.05, 0) is 42.7 Å². The lowest BCUT2D eigenvalue weighted by atomic mass is 9.92. The maximum Gasteiger partial charge on any atom is 0.242 e. The van der Waals surface area contributed by atoms with Crippen molar-refractivity contribution in [3.05, 3.63) is 60.6 Å². The minimum atomic E-state index is 0.161. The summed E-state index contributed by atoms with van der Waals surface area (Å²) in [5, 5.41) is 1.00. The van der Waals surface area contributed by atoms with E-state index in [0.717, 1.165) is 42.5 Å². The number of benzene rings is 1. The Balaban J connectivity index is 1.49. The standard InChI is InChI=1S/C20H22N4O/c21-18-6-1-7-19-17(18)8-11-23(19)14-20(25)24-10-3-5-16(13-24)15-4-2-9-22-12-15/h1-2,4,6-9,11-12,16H,3,5,10,13-14,21H2. The van der Waals surface area contributed by atoms with Crippen LogP contribution >= 0.6 is 0 Å². The Morgan fingerprint density at radius 3 is 3.00 bits per heavy atom. The first kappa shape index (κ1) is 15.7. The van der Waals surface area contributed by atoms with Crippen molar-refractivity contribution in [3.63, 3.8) is 0 Å². The number of piperidine rings is 1. The predicted molar refractivity (Wildman–Crippen MR) is 99.1 cm³/mol. The van der Waals surface area contributed by atoms with E-state index in [1.165, 1.54) is 5.56 Å². The molecule has 1 atom stereocenters. The lowest BCUT2D eigenvalue weighted by molar-refractivity contribution is -0.133. The average molecular weight is 334 g/mol. The molecule has 1 aromatic carbocycles. The number of anilines is 1. The molecular formula is C20H22N4O. The van der Waals surface area contributed by atoms with Gasteiger partial charge in [0.1, 0.15) is 6.54 Å². The molecule has 2 aromatic heterocycles. The highest BCUT2D eigenvalue weighted by molar-refractivity contribution is 5.92. The van der Waals surface area contributed by atoms with Crippen molar-refractivity contribution in [1.82, 2.24) is 14.5 Å². The second-order valence-electron chi connectivity index (χ2n) is 6.69. The fourth-order valence-corrected chi connectivity index (χ4v) is 3.72. The summed E-state index contributed by atoms with van der Waals surface area (Å²) in [6.45, 7) is 1.95. The second kappa shape index (κ2) is 6.59. The summed E-state index contributed by atoms with van der Waals surface area (Å²) in [6, 6.07) is 11.9. The molecule has 128 valence electrons. The van der Waals surface area contributed by atoms with Crippen molar-refractivity contribution in [2.75, 3.05) is 18.8 Å². The van der Waals surface area contributed by atoms with Gasteiger partial charge in [0.05, 0.1) is 5.52 Å². The number of fused-ring (bicyclic) bond motifs is 1. The summed E-state index contributed by atoms with van der Waals surface area (Å²) in [6.07, 6.45) is 7.80. The van der Waals surface area contributed by atoms with E-state index < -0.39 is 0 Å². The van der Waals surface area contributed by atoms with Crippen LogP contribution in [0.2, 0.25) is 0 Å². The Morgan fingerprint density at radius 1 is 1.24 bits per heavy atom. The summed E-state index contributed by atoms with van der Waals surface area (Å²) in [7, 11) is 0. The van der Waals surface area contributed by atoms with Crippen molar-refractivity contribution >= 4 is 22.5 Å². The molecule has 4 rings (SSSR count). The summed E-state index contributed by atoms with van der Waals surface area (Å²) in [4.78, 5) is 19.0. The third-order valence-electron chi connectivity index (χ3n) is 5.08. The zero-order valence-corrected chi connectivity index (χ0v) is 14.1. The lowest BCUT2D eigenvalue weighted by Gasteiger charge is -2.33. The zero-order chi connectivity index (χ0) is 17.2. The fraction of sp³-hybridized carbons (Fsp3) is 0.300. The Bertz CT molecular complexity index is 887. The molecular weight excluding hydrogens is 312 g/mol. The number of rotatable bonds is 3. The Kier molecular flexibility index (Phi) is 4.14. The van der Waals surface area contributed by atoms with Gasteiger partial charge in [0.2, 0.25) is 5.91 Å². The molecule has 0 radical (unpaired) electrons. The van der Waals surface area contributed by atoms with Crippen molar-refractivity contribution in [2.24, 2.45) is 0 Å². The molecule has 3 aromatic rings. The third kappa shape index (κ3) is 3.09. The number of nitrogens with two attached hydrogens (primary N) is 1. The average Bonchev–Trinajstić information content (AvgIpc) is 3.07. The minimum absolute atomic E-state index is 0.161. The van der Waals surface area contributed by atoms with Gasteiger partial charge in [0, 0.05) is 48.7 Å². The van der Waals surface area contributed by atoms with Gasteiger partial charge in [-0.15, -0.1) is 0 Å². The number of amides is 1. The van der Waals surface area contributed by atoms with Crippen LogP contribution in [0.5, 0.6) is 0 Å². The number of hydrogen-bond acceptors (Lipinski definition) is 3. The van der Waals surface area contributed by atoms with Crippen LogP contribution < -0.4 is 5.73 Å². The molecule has 5 heteroatoms. The minimum Gasteiger partial charge on any atom is -0.398 e. The monoisotopic (exact) mass is 334 g/mol. The molecule has 5 nitrogen and oxygen atoms in total. The number of carbonyl (C=O) groups excluding carboxylic acids is 1. The molecule has 25 heavy (non-hydrogen) atoms. The number of aromatic nitrogens is 2. The first-order chi connectivity index (χ1) is 12.2. The number of likely N-dealkylation sites (tertiary alicyclic amines) is 1. The van der Waals surface area contributed by atoms with E-state index in [0.29, 0.717) is 12.5 Å². The van der Waals surface area contributed by atoms with Crippen molar-refractivity contribution in [1.29, 1.82) is 0 Å². The van der Waals surface area contributed by atoms with Gasteiger partial charge in [0.25, 0.3) is 0 Å². The van der Waals surface area contributed by atoms with Gasteiger partial charge in [0.15, 0.2) is 0 Å². The molecule has 1 aliphatic heterocycles. The summed E-state index contributed by atoms with van der Waals surface area (Å²) in [5.41, 5.74) is 8.99. The number of nitrogen functional groups attached to an aromatic ring is 1. The topological polar surface area (TPSA) is 64.2 Å². The lowest BCUT2D eigenvalue weighted by Crippen LogP contribution is -2.40. The van der Waals surface area contributed by atoms with Crippen LogP contribution in [0.3, 0.4) is 0 Å². The van der Waals surface area contributed by atoms with Crippen molar-refractivity contribution < 1.29 is 4.79 Å². The van der Waals surface area contributed by atoms with E-state index in [1.54, 1.807) is 6.20 Å². The normalized spacial score (nSPS) is 17.8. The van der Waals surface area contributed by atoms with E-state index in [2.05, 4.69) is 11.1 Å².